The third kappa shape index (κ3) is 3.35. The lowest BCUT2D eigenvalue weighted by Gasteiger charge is -2.34. The molecule has 2 heterocycles. The third-order valence-electron chi connectivity index (χ3n) is 3.88. The van der Waals surface area contributed by atoms with Crippen LogP contribution in [0.5, 0.6) is 0 Å². The molecule has 24 heavy (non-hydrogen) atoms. The fraction of sp³-hybridized carbons (Fsp3) is 0.333. The molecule has 0 saturated carbocycles. The van der Waals surface area contributed by atoms with Crippen molar-refractivity contribution < 1.29 is 12.8 Å². The van der Waals surface area contributed by atoms with E-state index in [-0.39, 0.29) is 9.92 Å². The van der Waals surface area contributed by atoms with Crippen LogP contribution in [0.15, 0.2) is 35.2 Å². The van der Waals surface area contributed by atoms with Crippen LogP contribution in [0.2, 0.25) is 5.02 Å². The molecule has 128 valence electrons. The first-order valence-corrected chi connectivity index (χ1v) is 9.20. The van der Waals surface area contributed by atoms with E-state index in [1.807, 2.05) is 24.0 Å². The van der Waals surface area contributed by atoms with E-state index < -0.39 is 15.8 Å². The largest absolute Gasteiger partial charge is 0.352 e. The highest BCUT2D eigenvalue weighted by atomic mass is 35.5. The predicted octanol–water partition coefficient (Wildman–Crippen LogP) is 2.09. The van der Waals surface area contributed by atoms with Gasteiger partial charge in [-0.2, -0.15) is 9.40 Å². The van der Waals surface area contributed by atoms with Crippen molar-refractivity contribution in [2.75, 3.05) is 31.1 Å². The van der Waals surface area contributed by atoms with Crippen LogP contribution in [0.25, 0.3) is 0 Å². The lowest BCUT2D eigenvalue weighted by molar-refractivity contribution is 0.383. The molecule has 1 saturated heterocycles. The summed E-state index contributed by atoms with van der Waals surface area (Å²) in [5.41, 5.74) is 0.827. The van der Waals surface area contributed by atoms with Crippen LogP contribution in [-0.2, 0) is 10.0 Å². The molecule has 0 N–H and O–H groups in total. The molecule has 6 nitrogen and oxygen atoms in total. The van der Waals surface area contributed by atoms with Crippen LogP contribution in [0.3, 0.4) is 0 Å². The van der Waals surface area contributed by atoms with Crippen molar-refractivity contribution in [3.05, 3.63) is 46.9 Å². The molecule has 1 fully saturated rings. The zero-order valence-corrected chi connectivity index (χ0v) is 14.6. The molecule has 0 atom stereocenters. The Morgan fingerprint density at radius 3 is 2.38 bits per heavy atom. The number of sulfonamides is 1. The molecule has 1 aromatic carbocycles. The van der Waals surface area contributed by atoms with Crippen LogP contribution in [0.1, 0.15) is 5.69 Å². The number of hydrogen-bond donors (Lipinski definition) is 0. The zero-order chi connectivity index (χ0) is 17.3. The van der Waals surface area contributed by atoms with Crippen LogP contribution in [0, 0.1) is 12.7 Å². The minimum absolute atomic E-state index is 0.00234. The van der Waals surface area contributed by atoms with Crippen molar-refractivity contribution in [1.29, 1.82) is 0 Å². The number of hydrogen-bond acceptors (Lipinski definition) is 5. The maximum Gasteiger partial charge on any atom is 0.243 e. The smallest absolute Gasteiger partial charge is 0.243 e. The van der Waals surface area contributed by atoms with Gasteiger partial charge in [0.2, 0.25) is 10.0 Å². The third-order valence-corrected chi connectivity index (χ3v) is 6.06. The number of aryl methyl sites for hydroxylation is 1. The van der Waals surface area contributed by atoms with Gasteiger partial charge >= 0.3 is 0 Å². The summed E-state index contributed by atoms with van der Waals surface area (Å²) in [4.78, 5) is 1.98. The van der Waals surface area contributed by atoms with Gasteiger partial charge in [0.25, 0.3) is 0 Å². The number of benzene rings is 1. The summed E-state index contributed by atoms with van der Waals surface area (Å²) >= 11 is 5.69. The number of piperazine rings is 1. The second-order valence-corrected chi connectivity index (χ2v) is 7.85. The first-order valence-electron chi connectivity index (χ1n) is 7.38. The van der Waals surface area contributed by atoms with Crippen LogP contribution >= 0.6 is 11.6 Å². The Kier molecular flexibility index (Phi) is 4.71. The molecule has 9 heteroatoms. The number of aromatic nitrogens is 2. The molecule has 1 aromatic heterocycles. The Hall–Kier alpha value is -1.77. The lowest BCUT2D eigenvalue weighted by Crippen LogP contribution is -2.49. The molecule has 1 aliphatic rings. The Morgan fingerprint density at radius 1 is 1.08 bits per heavy atom. The summed E-state index contributed by atoms with van der Waals surface area (Å²) in [6, 6.07) is 7.17. The molecule has 2 aromatic rings. The van der Waals surface area contributed by atoms with Crippen molar-refractivity contribution in [2.45, 2.75) is 11.8 Å². The Bertz CT molecular complexity index is 837. The van der Waals surface area contributed by atoms with Crippen LogP contribution < -0.4 is 4.90 Å². The average Bonchev–Trinajstić information content (AvgIpc) is 2.58. The average molecular weight is 371 g/mol. The number of nitrogens with zero attached hydrogens (tertiary/aromatic N) is 4. The van der Waals surface area contributed by atoms with Gasteiger partial charge < -0.3 is 4.90 Å². The molecule has 0 radical (unpaired) electrons. The highest BCUT2D eigenvalue weighted by Gasteiger charge is 2.29. The van der Waals surface area contributed by atoms with Gasteiger partial charge in [-0.1, -0.05) is 11.6 Å². The summed E-state index contributed by atoms with van der Waals surface area (Å²) in [5.74, 6) is 0.0841. The summed E-state index contributed by atoms with van der Waals surface area (Å²) in [6.45, 7) is 3.49. The van der Waals surface area contributed by atoms with E-state index >= 15 is 0 Å². The van der Waals surface area contributed by atoms with Gasteiger partial charge in [-0.05, 0) is 37.3 Å². The summed E-state index contributed by atoms with van der Waals surface area (Å²) < 4.78 is 39.9. The molecule has 1 aliphatic heterocycles. The molecular formula is C15H16ClFN4O2S. The van der Waals surface area contributed by atoms with Gasteiger partial charge in [0.05, 0.1) is 15.6 Å². The monoisotopic (exact) mass is 370 g/mol. The van der Waals surface area contributed by atoms with Crippen molar-refractivity contribution in [3.8, 4) is 0 Å². The first-order chi connectivity index (χ1) is 11.4. The fourth-order valence-electron chi connectivity index (χ4n) is 2.50. The minimum atomic E-state index is -3.69. The normalized spacial score (nSPS) is 16.4. The van der Waals surface area contributed by atoms with Gasteiger partial charge in [0, 0.05) is 26.2 Å². The van der Waals surface area contributed by atoms with Gasteiger partial charge in [0.1, 0.15) is 5.82 Å². The molecule has 0 unspecified atom stereocenters. The van der Waals surface area contributed by atoms with E-state index in [0.29, 0.717) is 26.2 Å². The Balaban J connectivity index is 1.73. The molecular weight excluding hydrogens is 355 g/mol. The number of halogens is 2. The summed E-state index contributed by atoms with van der Waals surface area (Å²) in [5, 5.41) is 7.93. The van der Waals surface area contributed by atoms with Crippen molar-refractivity contribution in [3.63, 3.8) is 0 Å². The van der Waals surface area contributed by atoms with Crippen LogP contribution in [-0.4, -0.2) is 49.1 Å². The zero-order valence-electron chi connectivity index (χ0n) is 13.0. The second kappa shape index (κ2) is 6.62. The highest BCUT2D eigenvalue weighted by Crippen LogP contribution is 2.24. The Labute approximate surface area is 144 Å². The predicted molar refractivity (Wildman–Crippen MR) is 89.2 cm³/mol. The van der Waals surface area contributed by atoms with Gasteiger partial charge in [-0.25, -0.2) is 12.8 Å². The fourth-order valence-corrected chi connectivity index (χ4v) is 4.20. The van der Waals surface area contributed by atoms with Crippen molar-refractivity contribution in [2.24, 2.45) is 0 Å². The molecule has 0 bridgehead atoms. The van der Waals surface area contributed by atoms with E-state index in [1.54, 1.807) is 0 Å². The maximum atomic E-state index is 13.2. The molecule has 3 rings (SSSR count). The molecule has 0 amide bonds. The highest BCUT2D eigenvalue weighted by molar-refractivity contribution is 7.89. The number of rotatable bonds is 3. The van der Waals surface area contributed by atoms with Gasteiger partial charge in [0.15, 0.2) is 5.82 Å². The maximum absolute atomic E-state index is 13.2. The minimum Gasteiger partial charge on any atom is -0.352 e. The van der Waals surface area contributed by atoms with E-state index in [1.165, 1.54) is 10.4 Å². The standard InChI is InChI=1S/C15H16ClFN4O2S/c1-11-2-5-15(19-18-11)20-6-8-21(9-7-20)24(22,23)12-3-4-14(17)13(16)10-12/h2-5,10H,6-9H2,1H3. The SMILES string of the molecule is Cc1ccc(N2CCN(S(=O)(=O)c3ccc(F)c(Cl)c3)CC2)nn1. The summed E-state index contributed by atoms with van der Waals surface area (Å²) in [7, 11) is -3.69. The van der Waals surface area contributed by atoms with E-state index in [0.717, 1.165) is 23.6 Å². The topological polar surface area (TPSA) is 66.4 Å². The summed E-state index contributed by atoms with van der Waals surface area (Å²) in [6.07, 6.45) is 0. The first kappa shape index (κ1) is 17.1. The van der Waals surface area contributed by atoms with Crippen molar-refractivity contribution >= 4 is 27.4 Å². The van der Waals surface area contributed by atoms with E-state index in [2.05, 4.69) is 10.2 Å². The Morgan fingerprint density at radius 2 is 1.79 bits per heavy atom. The van der Waals surface area contributed by atoms with Crippen LogP contribution in [0.4, 0.5) is 10.2 Å². The number of anilines is 1. The second-order valence-electron chi connectivity index (χ2n) is 5.50. The van der Waals surface area contributed by atoms with Crippen molar-refractivity contribution in [1.82, 2.24) is 14.5 Å². The molecule has 0 aliphatic carbocycles. The van der Waals surface area contributed by atoms with Gasteiger partial charge in [-0.15, -0.1) is 5.10 Å². The quantitative estimate of drug-likeness (QED) is 0.827. The van der Waals surface area contributed by atoms with E-state index in [9.17, 15) is 12.8 Å². The molecule has 0 spiro atoms. The van der Waals surface area contributed by atoms with E-state index in [4.69, 9.17) is 11.6 Å². The lowest BCUT2D eigenvalue weighted by atomic mass is 10.3. The van der Waals surface area contributed by atoms with Gasteiger partial charge in [-0.3, -0.25) is 0 Å².